The molecule has 0 fully saturated rings. The van der Waals surface area contributed by atoms with Gasteiger partial charge in [0.2, 0.25) is 0 Å². The monoisotopic (exact) mass is 847 g/mol. The largest absolute Gasteiger partial charge is 0.494 e. The van der Waals surface area contributed by atoms with Gasteiger partial charge in [-0.25, -0.2) is 10.2 Å². The number of nitrogens with one attached hydrogen (secondary N) is 1. The average Bonchev–Trinajstić information content (AvgIpc) is 3.30. The zero-order valence-corrected chi connectivity index (χ0v) is 37.9. The van der Waals surface area contributed by atoms with Crippen LogP contribution in [0.15, 0.2) is 102 Å². The molecule has 0 aliphatic rings. The Kier molecular flexibility index (Phi) is 25.3. The van der Waals surface area contributed by atoms with E-state index in [2.05, 4.69) is 24.4 Å². The molecule has 4 aromatic rings. The van der Waals surface area contributed by atoms with Gasteiger partial charge in [0.1, 0.15) is 29.6 Å². The summed E-state index contributed by atoms with van der Waals surface area (Å²) < 4.78 is 23.3. The minimum atomic E-state index is -0.447. The highest BCUT2D eigenvalue weighted by atomic mass is 16.5. The second kappa shape index (κ2) is 31.7. The van der Waals surface area contributed by atoms with Crippen LogP contribution in [0.25, 0.3) is 0 Å². The number of unbranched alkanes of at least 4 members (excludes halogenated alkanes) is 20. The predicted octanol–water partition coefficient (Wildman–Crippen LogP) is 14.6. The van der Waals surface area contributed by atoms with E-state index >= 15 is 0 Å². The molecule has 8 heteroatoms. The van der Waals surface area contributed by atoms with Crippen molar-refractivity contribution >= 4 is 18.1 Å². The van der Waals surface area contributed by atoms with Crippen molar-refractivity contribution in [2.45, 2.75) is 162 Å². The second-order valence-corrected chi connectivity index (χ2v) is 16.4. The van der Waals surface area contributed by atoms with Crippen molar-refractivity contribution in [2.24, 2.45) is 5.10 Å². The number of hydrazone groups is 1. The maximum Gasteiger partial charge on any atom is 0.343 e. The van der Waals surface area contributed by atoms with Crippen molar-refractivity contribution in [2.75, 3.05) is 13.2 Å². The molecule has 8 nitrogen and oxygen atoms in total. The van der Waals surface area contributed by atoms with E-state index in [1.807, 2.05) is 36.4 Å². The molecule has 4 rings (SSSR count). The summed E-state index contributed by atoms with van der Waals surface area (Å²) in [5.41, 5.74) is 5.23. The smallest absolute Gasteiger partial charge is 0.343 e. The standard InChI is InChI=1S/C54H74N2O6/c1-3-5-7-9-11-13-14-15-16-17-18-20-22-24-42-60-50-39-31-48(32-40-50)54(58)62-52-35-25-45(26-36-52)43-55-56-53(57)47-29-37-51(38-30-47)61-44-46-27-33-49(34-28-46)59-41-23-21-19-12-10-8-6-4-2/h25-40,43H,3-24,41-42,44H2,1-2H3,(H,56,57)/b55-43+. The van der Waals surface area contributed by atoms with Crippen LogP contribution in [0.5, 0.6) is 23.0 Å². The van der Waals surface area contributed by atoms with E-state index in [4.69, 9.17) is 18.9 Å². The van der Waals surface area contributed by atoms with Crippen molar-refractivity contribution in [3.63, 3.8) is 0 Å². The van der Waals surface area contributed by atoms with Gasteiger partial charge in [-0.15, -0.1) is 0 Å². The first-order valence-corrected chi connectivity index (χ1v) is 23.9. The van der Waals surface area contributed by atoms with Crippen LogP contribution in [0.2, 0.25) is 0 Å². The van der Waals surface area contributed by atoms with Gasteiger partial charge in [-0.3, -0.25) is 4.79 Å². The number of esters is 1. The van der Waals surface area contributed by atoms with Crippen molar-refractivity contribution < 1.29 is 28.5 Å². The highest BCUT2D eigenvalue weighted by molar-refractivity contribution is 5.95. The van der Waals surface area contributed by atoms with E-state index in [0.29, 0.717) is 35.8 Å². The van der Waals surface area contributed by atoms with E-state index in [-0.39, 0.29) is 5.91 Å². The summed E-state index contributed by atoms with van der Waals surface area (Å²) >= 11 is 0. The van der Waals surface area contributed by atoms with Gasteiger partial charge in [0.15, 0.2) is 0 Å². The quantitative estimate of drug-likeness (QED) is 0.0165. The molecule has 0 aliphatic carbocycles. The Morgan fingerprint density at radius 3 is 1.31 bits per heavy atom. The number of nitrogens with zero attached hydrogens (tertiary/aromatic N) is 1. The van der Waals surface area contributed by atoms with E-state index < -0.39 is 5.97 Å². The molecule has 0 aliphatic heterocycles. The minimum absolute atomic E-state index is 0.341. The summed E-state index contributed by atoms with van der Waals surface area (Å²) in [6, 6.07) is 28.9. The van der Waals surface area contributed by atoms with Crippen LogP contribution in [0.3, 0.4) is 0 Å². The molecule has 0 unspecified atom stereocenters. The maximum absolute atomic E-state index is 12.8. The van der Waals surface area contributed by atoms with Crippen LogP contribution in [0.4, 0.5) is 0 Å². The zero-order chi connectivity index (χ0) is 43.7. The molecular weight excluding hydrogens is 773 g/mol. The minimum Gasteiger partial charge on any atom is -0.494 e. The van der Waals surface area contributed by atoms with Gasteiger partial charge in [-0.05, 0) is 109 Å². The topological polar surface area (TPSA) is 95.5 Å². The van der Waals surface area contributed by atoms with Gasteiger partial charge < -0.3 is 18.9 Å². The molecular formula is C54H74N2O6. The van der Waals surface area contributed by atoms with Gasteiger partial charge in [-0.2, -0.15) is 5.10 Å². The van der Waals surface area contributed by atoms with E-state index in [1.54, 1.807) is 60.7 Å². The molecule has 336 valence electrons. The number of rotatable bonds is 34. The fourth-order valence-electron chi connectivity index (χ4n) is 7.17. The number of ether oxygens (including phenoxy) is 4. The van der Waals surface area contributed by atoms with Gasteiger partial charge in [0.25, 0.3) is 5.91 Å². The summed E-state index contributed by atoms with van der Waals surface area (Å²) in [4.78, 5) is 25.4. The maximum atomic E-state index is 12.8. The molecule has 0 atom stereocenters. The molecule has 0 saturated heterocycles. The van der Waals surface area contributed by atoms with Crippen molar-refractivity contribution in [3.05, 3.63) is 119 Å². The summed E-state index contributed by atoms with van der Waals surface area (Å²) in [6.45, 7) is 6.36. The first kappa shape index (κ1) is 49.5. The Hall–Kier alpha value is -5.11. The van der Waals surface area contributed by atoms with Crippen LogP contribution in [-0.4, -0.2) is 31.3 Å². The number of benzene rings is 4. The van der Waals surface area contributed by atoms with E-state index in [1.165, 1.54) is 135 Å². The third kappa shape index (κ3) is 21.6. The van der Waals surface area contributed by atoms with Gasteiger partial charge >= 0.3 is 5.97 Å². The van der Waals surface area contributed by atoms with Crippen molar-refractivity contribution in [1.29, 1.82) is 0 Å². The van der Waals surface area contributed by atoms with E-state index in [9.17, 15) is 9.59 Å². The first-order valence-electron chi connectivity index (χ1n) is 23.9. The lowest BCUT2D eigenvalue weighted by molar-refractivity contribution is 0.0734. The molecule has 0 heterocycles. The highest BCUT2D eigenvalue weighted by Crippen LogP contribution is 2.20. The summed E-state index contributed by atoms with van der Waals surface area (Å²) in [7, 11) is 0. The van der Waals surface area contributed by atoms with Gasteiger partial charge in [-0.1, -0.05) is 154 Å². The second-order valence-electron chi connectivity index (χ2n) is 16.4. The summed E-state index contributed by atoms with van der Waals surface area (Å²) in [5, 5.41) is 4.09. The van der Waals surface area contributed by atoms with Crippen LogP contribution < -0.4 is 24.4 Å². The van der Waals surface area contributed by atoms with Gasteiger partial charge in [0.05, 0.1) is 25.0 Å². The number of hydrogen-bond acceptors (Lipinski definition) is 7. The first-order chi connectivity index (χ1) is 30.5. The summed E-state index contributed by atoms with van der Waals surface area (Å²) in [5.74, 6) is 1.91. The molecule has 1 amide bonds. The molecule has 0 aromatic heterocycles. The number of amides is 1. The van der Waals surface area contributed by atoms with E-state index in [0.717, 1.165) is 42.1 Å². The zero-order valence-electron chi connectivity index (χ0n) is 37.9. The third-order valence-electron chi connectivity index (χ3n) is 11.0. The van der Waals surface area contributed by atoms with Gasteiger partial charge in [0, 0.05) is 5.56 Å². The molecule has 0 radical (unpaired) electrons. The number of carbonyl (C=O) groups excluding carboxylic acids is 2. The fraction of sp³-hybridized carbons (Fsp3) is 0.500. The van der Waals surface area contributed by atoms with Crippen molar-refractivity contribution in [1.82, 2.24) is 5.43 Å². The lowest BCUT2D eigenvalue weighted by Crippen LogP contribution is -2.17. The Morgan fingerprint density at radius 2 is 0.839 bits per heavy atom. The molecule has 0 spiro atoms. The van der Waals surface area contributed by atoms with Crippen LogP contribution in [-0.2, 0) is 6.61 Å². The van der Waals surface area contributed by atoms with Crippen molar-refractivity contribution in [3.8, 4) is 23.0 Å². The Balaban J connectivity index is 1.04. The lowest BCUT2D eigenvalue weighted by Gasteiger charge is -2.09. The number of carbonyl (C=O) groups is 2. The average molecular weight is 847 g/mol. The fourth-order valence-corrected chi connectivity index (χ4v) is 7.17. The SMILES string of the molecule is CCCCCCCCCCCCCCCCOc1ccc(C(=O)Oc2ccc(/C=N/NC(=O)c3ccc(OCc4ccc(OCCCCCCCCCC)cc4)cc3)cc2)cc1. The molecule has 4 aromatic carbocycles. The predicted molar refractivity (Wildman–Crippen MR) is 254 cm³/mol. The third-order valence-corrected chi connectivity index (χ3v) is 11.0. The molecule has 0 bridgehead atoms. The van der Waals surface area contributed by atoms with Crippen LogP contribution in [0, 0.1) is 0 Å². The Labute approximate surface area is 373 Å². The molecule has 62 heavy (non-hydrogen) atoms. The van der Waals surface area contributed by atoms with Crippen LogP contribution in [0.1, 0.15) is 187 Å². The lowest BCUT2D eigenvalue weighted by atomic mass is 10.0. The Morgan fingerprint density at radius 1 is 0.452 bits per heavy atom. The molecule has 0 saturated carbocycles. The van der Waals surface area contributed by atoms with Crippen LogP contribution >= 0.6 is 0 Å². The normalized spacial score (nSPS) is 11.1. The molecule has 1 N–H and O–H groups in total. The highest BCUT2D eigenvalue weighted by Gasteiger charge is 2.10. The Bertz CT molecular complexity index is 1790. The summed E-state index contributed by atoms with van der Waals surface area (Å²) in [6.07, 6.45) is 30.4. The number of hydrogen-bond donors (Lipinski definition) is 1.